The van der Waals surface area contributed by atoms with Crippen molar-refractivity contribution < 1.29 is 14.6 Å². The molecule has 4 aliphatic carbocycles. The highest BCUT2D eigenvalue weighted by Gasteiger charge is 2.64. The van der Waals surface area contributed by atoms with Crippen molar-refractivity contribution in [2.24, 2.45) is 34.5 Å². The summed E-state index contributed by atoms with van der Waals surface area (Å²) in [6.45, 7) is 8.66. The SMILES string of the molecule is C[C@@]12CCC3(C[C@H]1CC[C@@H]1[C@H]4CC[C@@](C)(O)[C@]4(C)CC[C@@H]12)OCCO3. The predicted molar refractivity (Wildman–Crippen MR) is 97.0 cm³/mol. The Morgan fingerprint density at radius 3 is 2.28 bits per heavy atom. The lowest BCUT2D eigenvalue weighted by atomic mass is 9.44. The van der Waals surface area contributed by atoms with E-state index in [0.717, 1.165) is 56.1 Å². The average molecular weight is 349 g/mol. The molecule has 142 valence electrons. The zero-order valence-corrected chi connectivity index (χ0v) is 16.4. The Hall–Kier alpha value is -0.120. The Morgan fingerprint density at radius 2 is 1.52 bits per heavy atom. The van der Waals surface area contributed by atoms with Gasteiger partial charge in [0, 0.05) is 12.8 Å². The topological polar surface area (TPSA) is 38.7 Å². The first-order valence-corrected chi connectivity index (χ1v) is 10.8. The maximum Gasteiger partial charge on any atom is 0.168 e. The van der Waals surface area contributed by atoms with E-state index in [-0.39, 0.29) is 11.2 Å². The summed E-state index contributed by atoms with van der Waals surface area (Å²) in [7, 11) is 0. The van der Waals surface area contributed by atoms with Crippen molar-refractivity contribution in [1.29, 1.82) is 0 Å². The molecule has 5 fully saturated rings. The van der Waals surface area contributed by atoms with Crippen LogP contribution in [0, 0.1) is 34.5 Å². The molecule has 3 heteroatoms. The van der Waals surface area contributed by atoms with Gasteiger partial charge in [0.2, 0.25) is 0 Å². The first-order chi connectivity index (χ1) is 11.8. The summed E-state index contributed by atoms with van der Waals surface area (Å²) in [6.07, 6.45) is 10.9. The molecule has 0 radical (unpaired) electrons. The number of rotatable bonds is 0. The van der Waals surface area contributed by atoms with E-state index in [2.05, 4.69) is 20.8 Å². The van der Waals surface area contributed by atoms with E-state index in [9.17, 15) is 5.11 Å². The van der Waals surface area contributed by atoms with Gasteiger partial charge >= 0.3 is 0 Å². The van der Waals surface area contributed by atoms with Gasteiger partial charge in [-0.15, -0.1) is 0 Å². The van der Waals surface area contributed by atoms with Crippen molar-refractivity contribution >= 4 is 0 Å². The third-order valence-corrected chi connectivity index (χ3v) is 10.0. The molecule has 1 heterocycles. The van der Waals surface area contributed by atoms with Gasteiger partial charge in [-0.05, 0) is 86.4 Å². The second kappa shape index (κ2) is 5.23. The van der Waals surface area contributed by atoms with Crippen molar-refractivity contribution in [3.63, 3.8) is 0 Å². The van der Waals surface area contributed by atoms with Crippen LogP contribution in [0.25, 0.3) is 0 Å². The monoisotopic (exact) mass is 348 g/mol. The molecule has 3 nitrogen and oxygen atoms in total. The van der Waals surface area contributed by atoms with Crippen LogP contribution >= 0.6 is 0 Å². The maximum atomic E-state index is 11.0. The lowest BCUT2D eigenvalue weighted by molar-refractivity contribution is -0.232. The van der Waals surface area contributed by atoms with Crippen molar-refractivity contribution in [1.82, 2.24) is 0 Å². The van der Waals surface area contributed by atoms with Crippen LogP contribution in [0.15, 0.2) is 0 Å². The summed E-state index contributed by atoms with van der Waals surface area (Å²) in [6, 6.07) is 0. The van der Waals surface area contributed by atoms with Crippen LogP contribution in [-0.4, -0.2) is 29.7 Å². The molecule has 0 bridgehead atoms. The van der Waals surface area contributed by atoms with Crippen molar-refractivity contribution in [3.8, 4) is 0 Å². The van der Waals surface area contributed by atoms with Crippen LogP contribution in [0.3, 0.4) is 0 Å². The fourth-order valence-corrected chi connectivity index (χ4v) is 8.20. The minimum atomic E-state index is -0.456. The van der Waals surface area contributed by atoms with Gasteiger partial charge in [0.05, 0.1) is 18.8 Å². The normalized spacial score (nSPS) is 57.1. The molecule has 0 unspecified atom stereocenters. The third kappa shape index (κ3) is 2.15. The van der Waals surface area contributed by atoms with E-state index >= 15 is 0 Å². The fraction of sp³-hybridized carbons (Fsp3) is 1.00. The number of hydrogen-bond donors (Lipinski definition) is 1. The molecule has 0 aromatic carbocycles. The van der Waals surface area contributed by atoms with Gasteiger partial charge in [0.1, 0.15) is 0 Å². The largest absolute Gasteiger partial charge is 0.390 e. The second-order valence-corrected chi connectivity index (χ2v) is 10.7. The second-order valence-electron chi connectivity index (χ2n) is 10.7. The molecule has 5 aliphatic rings. The van der Waals surface area contributed by atoms with Gasteiger partial charge in [-0.25, -0.2) is 0 Å². The van der Waals surface area contributed by atoms with E-state index < -0.39 is 5.60 Å². The van der Waals surface area contributed by atoms with Gasteiger partial charge in [-0.3, -0.25) is 0 Å². The predicted octanol–water partition coefficient (Wildman–Crippen LogP) is 4.52. The van der Waals surface area contributed by atoms with Crippen LogP contribution in [-0.2, 0) is 9.47 Å². The Kier molecular flexibility index (Phi) is 3.56. The molecule has 0 amide bonds. The molecule has 0 aromatic rings. The molecule has 5 rings (SSSR count). The van der Waals surface area contributed by atoms with Crippen LogP contribution in [0.1, 0.15) is 78.6 Å². The van der Waals surface area contributed by atoms with Crippen LogP contribution < -0.4 is 0 Å². The quantitative estimate of drug-likeness (QED) is 0.699. The summed E-state index contributed by atoms with van der Waals surface area (Å²) in [5.74, 6) is 2.92. The minimum absolute atomic E-state index is 0.144. The first kappa shape index (κ1) is 17.0. The van der Waals surface area contributed by atoms with Gasteiger partial charge in [-0.1, -0.05) is 13.8 Å². The highest BCUT2D eigenvalue weighted by atomic mass is 16.7. The Morgan fingerprint density at radius 1 is 0.800 bits per heavy atom. The third-order valence-electron chi connectivity index (χ3n) is 10.0. The number of aliphatic hydroxyl groups is 1. The van der Waals surface area contributed by atoms with E-state index in [1.165, 1.54) is 38.5 Å². The summed E-state index contributed by atoms with van der Waals surface area (Å²) >= 11 is 0. The number of hydrogen-bond acceptors (Lipinski definition) is 3. The van der Waals surface area contributed by atoms with Crippen LogP contribution in [0.4, 0.5) is 0 Å². The smallest absolute Gasteiger partial charge is 0.168 e. The van der Waals surface area contributed by atoms with E-state index in [0.29, 0.717) is 5.41 Å². The first-order valence-electron chi connectivity index (χ1n) is 10.8. The van der Waals surface area contributed by atoms with Crippen LogP contribution in [0.5, 0.6) is 0 Å². The Bertz CT molecular complexity index is 551. The molecule has 4 saturated carbocycles. The van der Waals surface area contributed by atoms with Gasteiger partial charge in [0.25, 0.3) is 0 Å². The molecule has 0 aromatic heterocycles. The summed E-state index contributed by atoms with van der Waals surface area (Å²) in [4.78, 5) is 0. The highest BCUT2D eigenvalue weighted by Crippen LogP contribution is 2.69. The molecule has 1 spiro atoms. The van der Waals surface area contributed by atoms with Crippen molar-refractivity contribution in [3.05, 3.63) is 0 Å². The number of ether oxygens (including phenoxy) is 2. The molecule has 1 N–H and O–H groups in total. The molecular weight excluding hydrogens is 312 g/mol. The molecule has 7 atom stereocenters. The van der Waals surface area contributed by atoms with Gasteiger partial charge in [-0.2, -0.15) is 0 Å². The lowest BCUT2D eigenvalue weighted by Gasteiger charge is -2.62. The Labute approximate surface area is 152 Å². The summed E-state index contributed by atoms with van der Waals surface area (Å²) in [5.41, 5.74) is 0.146. The van der Waals surface area contributed by atoms with E-state index in [1.54, 1.807) is 0 Å². The minimum Gasteiger partial charge on any atom is -0.390 e. The molecule has 1 aliphatic heterocycles. The number of fused-ring (bicyclic) bond motifs is 5. The van der Waals surface area contributed by atoms with Crippen LogP contribution in [0.2, 0.25) is 0 Å². The van der Waals surface area contributed by atoms with Crippen molar-refractivity contribution in [2.45, 2.75) is 89.9 Å². The zero-order chi connectivity index (χ0) is 17.5. The van der Waals surface area contributed by atoms with E-state index in [1.807, 2.05) is 0 Å². The average Bonchev–Trinajstić information content (AvgIpc) is 3.11. The highest BCUT2D eigenvalue weighted by molar-refractivity contribution is 5.13. The molecule has 1 saturated heterocycles. The zero-order valence-electron chi connectivity index (χ0n) is 16.4. The molecular formula is C22H36O3. The van der Waals surface area contributed by atoms with Gasteiger partial charge in [0.15, 0.2) is 5.79 Å². The molecule has 25 heavy (non-hydrogen) atoms. The van der Waals surface area contributed by atoms with Gasteiger partial charge < -0.3 is 14.6 Å². The maximum absolute atomic E-state index is 11.0. The van der Waals surface area contributed by atoms with E-state index in [4.69, 9.17) is 9.47 Å². The van der Waals surface area contributed by atoms with Crippen molar-refractivity contribution in [2.75, 3.05) is 13.2 Å². The summed E-state index contributed by atoms with van der Waals surface area (Å²) in [5, 5.41) is 11.0. The Balaban J connectivity index is 1.41. The fourth-order valence-electron chi connectivity index (χ4n) is 8.20. The lowest BCUT2D eigenvalue weighted by Crippen LogP contribution is -2.57. The summed E-state index contributed by atoms with van der Waals surface area (Å²) < 4.78 is 12.1. The standard InChI is InChI=1S/C22H36O3/c1-19-10-11-22(24-12-13-25-22)14-15(19)4-5-16-17(19)6-8-20(2)18(16)7-9-21(20,3)23/h15-18,23H,4-14H2,1-3H3/t15-,16+,17+,18-,19-,20-,21-/m1/s1.